The number of halogens is 4. The molecule has 3 rings (SSSR count). The molecule has 0 bridgehead atoms. The molecule has 1 aromatic heterocycles. The number of carbonyl (C=O) groups is 1. The Kier molecular flexibility index (Phi) is 4.76. The van der Waals surface area contributed by atoms with E-state index in [1.165, 1.54) is 6.07 Å². The van der Waals surface area contributed by atoms with Gasteiger partial charge in [0.15, 0.2) is 5.69 Å². The molecule has 1 aliphatic heterocycles. The lowest BCUT2D eigenvalue weighted by molar-refractivity contribution is -0.139. The fourth-order valence-electron chi connectivity index (χ4n) is 2.74. The van der Waals surface area contributed by atoms with E-state index in [1.54, 1.807) is 10.9 Å². The molecule has 1 aromatic carbocycles. The summed E-state index contributed by atoms with van der Waals surface area (Å²) in [7, 11) is 0. The topological polar surface area (TPSA) is 59.0 Å². The van der Waals surface area contributed by atoms with Crippen molar-refractivity contribution >= 4 is 11.6 Å². The molecule has 2 N–H and O–H groups in total. The minimum atomic E-state index is -4.83. The van der Waals surface area contributed by atoms with Gasteiger partial charge in [-0.15, -0.1) is 0 Å². The number of carbonyl (C=O) groups excluding carboxylic acids is 1. The molecule has 134 valence electrons. The number of rotatable bonds is 3. The van der Waals surface area contributed by atoms with Crippen LogP contribution in [0.1, 0.15) is 34.9 Å². The molecule has 2 heterocycles. The number of aromatic nitrogens is 2. The molecule has 0 aliphatic carbocycles. The maximum absolute atomic E-state index is 13.3. The zero-order valence-corrected chi connectivity index (χ0v) is 13.1. The minimum absolute atomic E-state index is 0.0865. The van der Waals surface area contributed by atoms with Crippen LogP contribution >= 0.6 is 0 Å². The first-order chi connectivity index (χ1) is 11.8. The van der Waals surface area contributed by atoms with Gasteiger partial charge in [0.05, 0.1) is 11.6 Å². The highest BCUT2D eigenvalue weighted by Crippen LogP contribution is 2.33. The van der Waals surface area contributed by atoms with Crippen LogP contribution < -0.4 is 10.6 Å². The van der Waals surface area contributed by atoms with E-state index in [4.69, 9.17) is 0 Å². The van der Waals surface area contributed by atoms with Crippen molar-refractivity contribution in [1.29, 1.82) is 0 Å². The third-order valence-electron chi connectivity index (χ3n) is 4.02. The summed E-state index contributed by atoms with van der Waals surface area (Å²) < 4.78 is 53.1. The third-order valence-corrected chi connectivity index (χ3v) is 4.02. The number of amides is 1. The Morgan fingerprint density at radius 2 is 2.12 bits per heavy atom. The quantitative estimate of drug-likeness (QED) is 0.831. The lowest BCUT2D eigenvalue weighted by Crippen LogP contribution is -2.32. The van der Waals surface area contributed by atoms with Gasteiger partial charge in [0, 0.05) is 18.4 Å². The predicted octanol–water partition coefficient (Wildman–Crippen LogP) is 3.22. The molecule has 0 radical (unpaired) electrons. The van der Waals surface area contributed by atoms with Gasteiger partial charge in [0.25, 0.3) is 5.91 Å². The van der Waals surface area contributed by atoms with E-state index in [0.717, 1.165) is 32.0 Å². The van der Waals surface area contributed by atoms with Crippen molar-refractivity contribution in [3.05, 3.63) is 47.5 Å². The number of piperidine rings is 1. The van der Waals surface area contributed by atoms with Crippen LogP contribution in [0.25, 0.3) is 0 Å². The Balaban J connectivity index is 1.73. The summed E-state index contributed by atoms with van der Waals surface area (Å²) in [6.45, 7) is 1.69. The van der Waals surface area contributed by atoms with Gasteiger partial charge in [-0.1, -0.05) is 0 Å². The summed E-state index contributed by atoms with van der Waals surface area (Å²) >= 11 is 0. The number of hydrogen-bond acceptors (Lipinski definition) is 3. The van der Waals surface area contributed by atoms with Crippen molar-refractivity contribution < 1.29 is 22.4 Å². The molecule has 0 saturated carbocycles. The zero-order valence-electron chi connectivity index (χ0n) is 13.1. The lowest BCUT2D eigenvalue weighted by atomic mass is 10.1. The second kappa shape index (κ2) is 6.83. The highest BCUT2D eigenvalue weighted by molar-refractivity contribution is 6.02. The highest BCUT2D eigenvalue weighted by atomic mass is 19.4. The summed E-state index contributed by atoms with van der Waals surface area (Å²) in [6, 6.07) is 3.95. The van der Waals surface area contributed by atoms with E-state index in [0.29, 0.717) is 12.1 Å². The molecule has 1 fully saturated rings. The van der Waals surface area contributed by atoms with Crippen LogP contribution in [-0.2, 0) is 6.18 Å². The molecule has 9 heteroatoms. The van der Waals surface area contributed by atoms with Crippen molar-refractivity contribution in [2.75, 3.05) is 18.4 Å². The maximum Gasteiger partial charge on any atom is 0.419 e. The zero-order chi connectivity index (χ0) is 18.0. The normalized spacial score (nSPS) is 18.2. The molecule has 0 spiro atoms. The smallest absolute Gasteiger partial charge is 0.321 e. The number of alkyl halides is 3. The predicted molar refractivity (Wildman–Crippen MR) is 82.7 cm³/mol. The van der Waals surface area contributed by atoms with Crippen molar-refractivity contribution in [1.82, 2.24) is 15.1 Å². The fraction of sp³-hybridized carbons (Fsp3) is 0.375. The summed E-state index contributed by atoms with van der Waals surface area (Å²) in [5.74, 6) is -2.04. The van der Waals surface area contributed by atoms with Gasteiger partial charge >= 0.3 is 6.18 Å². The van der Waals surface area contributed by atoms with Crippen LogP contribution in [0.15, 0.2) is 30.5 Å². The fourth-order valence-corrected chi connectivity index (χ4v) is 2.74. The number of nitrogens with zero attached hydrogens (tertiary/aromatic N) is 2. The van der Waals surface area contributed by atoms with Crippen LogP contribution in [0.3, 0.4) is 0 Å². The monoisotopic (exact) mass is 356 g/mol. The lowest BCUT2D eigenvalue weighted by Gasteiger charge is -2.22. The Morgan fingerprint density at radius 1 is 1.32 bits per heavy atom. The van der Waals surface area contributed by atoms with Gasteiger partial charge in [-0.3, -0.25) is 9.48 Å². The Morgan fingerprint density at radius 3 is 2.80 bits per heavy atom. The minimum Gasteiger partial charge on any atom is -0.321 e. The molecule has 25 heavy (non-hydrogen) atoms. The first-order valence-electron chi connectivity index (χ1n) is 7.78. The maximum atomic E-state index is 13.3. The average molecular weight is 356 g/mol. The van der Waals surface area contributed by atoms with Gasteiger partial charge in [-0.25, -0.2) is 4.39 Å². The molecular weight excluding hydrogens is 340 g/mol. The first kappa shape index (κ1) is 17.4. The Labute approximate surface area is 141 Å². The standard InChI is InChI=1S/C16H16F4N4O/c17-13-4-3-10(8-12(13)16(18,19)20)22-15(25)14-5-7-24(23-14)11-2-1-6-21-9-11/h3-5,7-8,11,21H,1-2,6,9H2,(H,22,25). The van der Waals surface area contributed by atoms with Crippen molar-refractivity contribution in [2.45, 2.75) is 25.1 Å². The number of nitrogens with one attached hydrogen (secondary N) is 2. The van der Waals surface area contributed by atoms with Crippen LogP contribution in [0, 0.1) is 5.82 Å². The summed E-state index contributed by atoms with van der Waals surface area (Å²) in [4.78, 5) is 12.2. The molecule has 1 aliphatic rings. The van der Waals surface area contributed by atoms with E-state index in [1.807, 2.05) is 0 Å². The van der Waals surface area contributed by atoms with E-state index in [-0.39, 0.29) is 17.4 Å². The van der Waals surface area contributed by atoms with Gasteiger partial charge in [-0.05, 0) is 43.7 Å². The van der Waals surface area contributed by atoms with E-state index in [9.17, 15) is 22.4 Å². The van der Waals surface area contributed by atoms with Crippen LogP contribution in [0.2, 0.25) is 0 Å². The third kappa shape index (κ3) is 3.98. The van der Waals surface area contributed by atoms with Crippen molar-refractivity contribution in [3.63, 3.8) is 0 Å². The van der Waals surface area contributed by atoms with Gasteiger partial charge < -0.3 is 10.6 Å². The molecule has 1 amide bonds. The Bertz CT molecular complexity index is 766. The van der Waals surface area contributed by atoms with Gasteiger partial charge in [0.1, 0.15) is 5.82 Å². The van der Waals surface area contributed by atoms with Gasteiger partial charge in [-0.2, -0.15) is 18.3 Å². The largest absolute Gasteiger partial charge is 0.419 e. The van der Waals surface area contributed by atoms with Crippen LogP contribution in [-0.4, -0.2) is 28.8 Å². The summed E-state index contributed by atoms with van der Waals surface area (Å²) in [5.41, 5.74) is -1.49. The van der Waals surface area contributed by atoms with Crippen LogP contribution in [0.5, 0.6) is 0 Å². The molecule has 5 nitrogen and oxygen atoms in total. The summed E-state index contributed by atoms with van der Waals surface area (Å²) in [6.07, 6.45) is -1.23. The Hall–Kier alpha value is -2.42. The number of anilines is 1. The molecular formula is C16H16F4N4O. The second-order valence-electron chi connectivity index (χ2n) is 5.83. The molecule has 1 saturated heterocycles. The summed E-state index contributed by atoms with van der Waals surface area (Å²) in [5, 5.41) is 9.74. The molecule has 1 unspecified atom stereocenters. The van der Waals surface area contributed by atoms with E-state index < -0.39 is 23.5 Å². The first-order valence-corrected chi connectivity index (χ1v) is 7.78. The van der Waals surface area contributed by atoms with Crippen molar-refractivity contribution in [2.24, 2.45) is 0 Å². The highest BCUT2D eigenvalue weighted by Gasteiger charge is 2.34. The molecule has 1 atom stereocenters. The van der Waals surface area contributed by atoms with Crippen LogP contribution in [0.4, 0.5) is 23.2 Å². The van der Waals surface area contributed by atoms with Gasteiger partial charge in [0.2, 0.25) is 0 Å². The van der Waals surface area contributed by atoms with E-state index in [2.05, 4.69) is 15.7 Å². The van der Waals surface area contributed by atoms with E-state index >= 15 is 0 Å². The average Bonchev–Trinajstić information content (AvgIpc) is 3.06. The SMILES string of the molecule is O=C(Nc1ccc(F)c(C(F)(F)F)c1)c1ccn(C2CCCNC2)n1. The second-order valence-corrected chi connectivity index (χ2v) is 5.83. The number of benzene rings is 1. The molecule has 2 aromatic rings. The number of hydrogen-bond donors (Lipinski definition) is 2. The van der Waals surface area contributed by atoms with Crippen molar-refractivity contribution in [3.8, 4) is 0 Å².